The molecule has 3 rings (SSSR count). The minimum absolute atomic E-state index is 0.106. The van der Waals surface area contributed by atoms with Gasteiger partial charge in [0.15, 0.2) is 0 Å². The number of esters is 1. The fraction of sp³-hybridized carbons (Fsp3) is 0.375. The Balaban J connectivity index is 2.23. The van der Waals surface area contributed by atoms with E-state index >= 15 is 0 Å². The van der Waals surface area contributed by atoms with Crippen molar-refractivity contribution in [3.8, 4) is 0 Å². The van der Waals surface area contributed by atoms with Gasteiger partial charge in [-0.3, -0.25) is 4.79 Å². The number of rotatable bonds is 3. The summed E-state index contributed by atoms with van der Waals surface area (Å²) in [6, 6.07) is 6.37. The van der Waals surface area contributed by atoms with Gasteiger partial charge in [0.1, 0.15) is 5.57 Å². The first-order valence-corrected chi connectivity index (χ1v) is 7.19. The molecule has 2 aliphatic rings. The van der Waals surface area contributed by atoms with E-state index in [9.17, 15) is 19.8 Å². The standard InChI is InChI=1S/C16H17NO5/c1-3-11-12(14(19)22-4-2)15(20)13(18)9-7-5-6-8-10(9)16(15,21)17-11/h5-8,17,20-21H,3-4H2,1-2H3. The number of hydrogen-bond donors (Lipinski definition) is 3. The van der Waals surface area contributed by atoms with Crippen molar-refractivity contribution in [3.05, 3.63) is 46.7 Å². The fourth-order valence-electron chi connectivity index (χ4n) is 3.24. The van der Waals surface area contributed by atoms with Gasteiger partial charge >= 0.3 is 5.97 Å². The average Bonchev–Trinajstić information content (AvgIpc) is 2.84. The van der Waals surface area contributed by atoms with Gasteiger partial charge in [-0.1, -0.05) is 31.2 Å². The Bertz CT molecular complexity index is 710. The van der Waals surface area contributed by atoms with E-state index in [0.717, 1.165) is 0 Å². The minimum Gasteiger partial charge on any atom is -0.462 e. The van der Waals surface area contributed by atoms with Gasteiger partial charge in [-0.05, 0) is 13.3 Å². The van der Waals surface area contributed by atoms with Crippen LogP contribution in [0.25, 0.3) is 0 Å². The molecule has 0 amide bonds. The van der Waals surface area contributed by atoms with Crippen LogP contribution in [0.1, 0.15) is 36.2 Å². The maximum Gasteiger partial charge on any atom is 0.339 e. The van der Waals surface area contributed by atoms with Gasteiger partial charge in [0.25, 0.3) is 0 Å². The molecule has 0 radical (unpaired) electrons. The maximum absolute atomic E-state index is 12.7. The Labute approximate surface area is 127 Å². The van der Waals surface area contributed by atoms with Gasteiger partial charge in [0.05, 0.1) is 6.61 Å². The van der Waals surface area contributed by atoms with E-state index in [1.165, 1.54) is 6.07 Å². The van der Waals surface area contributed by atoms with E-state index in [4.69, 9.17) is 4.74 Å². The summed E-state index contributed by atoms with van der Waals surface area (Å²) in [6.45, 7) is 3.49. The number of allylic oxidation sites excluding steroid dienone is 1. The molecule has 0 spiro atoms. The summed E-state index contributed by atoms with van der Waals surface area (Å²) in [6.07, 6.45) is 0.341. The molecule has 0 fully saturated rings. The molecule has 0 saturated carbocycles. The highest BCUT2D eigenvalue weighted by Gasteiger charge is 2.70. The highest BCUT2D eigenvalue weighted by Crippen LogP contribution is 2.51. The summed E-state index contributed by atoms with van der Waals surface area (Å²) >= 11 is 0. The summed E-state index contributed by atoms with van der Waals surface area (Å²) < 4.78 is 4.96. The summed E-state index contributed by atoms with van der Waals surface area (Å²) in [5, 5.41) is 24.7. The largest absolute Gasteiger partial charge is 0.462 e. The SMILES string of the molecule is CCOC(=O)C1=C(CC)NC2(O)c3ccccc3C(=O)C12O. The zero-order valence-corrected chi connectivity index (χ0v) is 12.3. The van der Waals surface area contributed by atoms with Crippen LogP contribution < -0.4 is 5.32 Å². The molecular formula is C16H17NO5. The van der Waals surface area contributed by atoms with Crippen LogP contribution in [0, 0.1) is 0 Å². The first kappa shape index (κ1) is 14.7. The Morgan fingerprint density at radius 2 is 1.95 bits per heavy atom. The van der Waals surface area contributed by atoms with Gasteiger partial charge in [0.2, 0.25) is 17.1 Å². The van der Waals surface area contributed by atoms with Crippen molar-refractivity contribution >= 4 is 11.8 Å². The number of Topliss-reactive ketones (excluding diaryl/α,β-unsaturated/α-hetero) is 1. The summed E-state index contributed by atoms with van der Waals surface area (Å²) in [7, 11) is 0. The van der Waals surface area contributed by atoms with E-state index in [-0.39, 0.29) is 23.3 Å². The van der Waals surface area contributed by atoms with Crippen LogP contribution >= 0.6 is 0 Å². The van der Waals surface area contributed by atoms with Crippen molar-refractivity contribution in [1.29, 1.82) is 0 Å². The van der Waals surface area contributed by atoms with Crippen molar-refractivity contribution in [2.45, 2.75) is 31.6 Å². The second kappa shape index (κ2) is 4.66. The predicted molar refractivity (Wildman–Crippen MR) is 76.7 cm³/mol. The average molecular weight is 303 g/mol. The van der Waals surface area contributed by atoms with E-state index in [2.05, 4.69) is 5.32 Å². The Hall–Kier alpha value is -2.18. The quantitative estimate of drug-likeness (QED) is 0.707. The summed E-state index contributed by atoms with van der Waals surface area (Å²) in [5.41, 5.74) is -3.86. The lowest BCUT2D eigenvalue weighted by Gasteiger charge is -2.31. The van der Waals surface area contributed by atoms with Crippen LogP contribution in [0.4, 0.5) is 0 Å². The third-order valence-corrected chi connectivity index (χ3v) is 4.24. The molecule has 1 aromatic carbocycles. The molecule has 22 heavy (non-hydrogen) atoms. The lowest BCUT2D eigenvalue weighted by atomic mass is 9.85. The number of carbonyl (C=O) groups is 2. The van der Waals surface area contributed by atoms with Crippen molar-refractivity contribution in [2.24, 2.45) is 0 Å². The van der Waals surface area contributed by atoms with Gasteiger partial charge in [-0.2, -0.15) is 0 Å². The Morgan fingerprint density at radius 1 is 1.27 bits per heavy atom. The van der Waals surface area contributed by atoms with Crippen LogP contribution in [0.2, 0.25) is 0 Å². The van der Waals surface area contributed by atoms with Crippen molar-refractivity contribution in [3.63, 3.8) is 0 Å². The molecule has 1 aromatic rings. The van der Waals surface area contributed by atoms with Crippen LogP contribution in [-0.4, -0.2) is 34.2 Å². The van der Waals surface area contributed by atoms with Gasteiger partial charge in [-0.15, -0.1) is 0 Å². The smallest absolute Gasteiger partial charge is 0.339 e. The summed E-state index contributed by atoms with van der Waals surface area (Å²) in [5.74, 6) is -1.50. The molecular weight excluding hydrogens is 286 g/mol. The van der Waals surface area contributed by atoms with Gasteiger partial charge in [0, 0.05) is 16.8 Å². The van der Waals surface area contributed by atoms with E-state index in [1.54, 1.807) is 32.0 Å². The van der Waals surface area contributed by atoms with Crippen molar-refractivity contribution in [2.75, 3.05) is 6.61 Å². The van der Waals surface area contributed by atoms with Crippen LogP contribution in [0.3, 0.4) is 0 Å². The molecule has 0 aromatic heterocycles. The maximum atomic E-state index is 12.7. The molecule has 1 aliphatic carbocycles. The number of ketones is 1. The van der Waals surface area contributed by atoms with E-state index in [0.29, 0.717) is 12.1 Å². The highest BCUT2D eigenvalue weighted by molar-refractivity contribution is 6.16. The number of benzene rings is 1. The minimum atomic E-state index is -2.37. The molecule has 1 aliphatic heterocycles. The molecule has 1 heterocycles. The number of hydrogen-bond acceptors (Lipinski definition) is 6. The second-order valence-electron chi connectivity index (χ2n) is 5.35. The Morgan fingerprint density at radius 3 is 2.59 bits per heavy atom. The lowest BCUT2D eigenvalue weighted by molar-refractivity contribution is -0.146. The first-order chi connectivity index (χ1) is 10.4. The monoisotopic (exact) mass is 303 g/mol. The molecule has 2 atom stereocenters. The molecule has 2 unspecified atom stereocenters. The van der Waals surface area contributed by atoms with E-state index < -0.39 is 23.1 Å². The highest BCUT2D eigenvalue weighted by atomic mass is 16.5. The van der Waals surface area contributed by atoms with Crippen LogP contribution in [0.5, 0.6) is 0 Å². The summed E-state index contributed by atoms with van der Waals surface area (Å²) in [4.78, 5) is 25.0. The normalized spacial score (nSPS) is 29.2. The lowest BCUT2D eigenvalue weighted by Crippen LogP contribution is -2.56. The predicted octanol–water partition coefficient (Wildman–Crippen LogP) is 0.590. The second-order valence-corrected chi connectivity index (χ2v) is 5.35. The number of ether oxygens (including phenoxy) is 1. The molecule has 6 nitrogen and oxygen atoms in total. The number of fused-ring (bicyclic) bond motifs is 3. The fourth-order valence-corrected chi connectivity index (χ4v) is 3.24. The topological polar surface area (TPSA) is 95.9 Å². The molecule has 0 saturated heterocycles. The molecule has 6 heteroatoms. The van der Waals surface area contributed by atoms with Crippen molar-refractivity contribution in [1.82, 2.24) is 5.32 Å². The van der Waals surface area contributed by atoms with Gasteiger partial charge < -0.3 is 20.3 Å². The number of nitrogens with one attached hydrogen (secondary N) is 1. The van der Waals surface area contributed by atoms with Crippen LogP contribution in [-0.2, 0) is 15.3 Å². The van der Waals surface area contributed by atoms with Crippen LogP contribution in [0.15, 0.2) is 35.5 Å². The van der Waals surface area contributed by atoms with E-state index in [1.807, 2.05) is 0 Å². The van der Waals surface area contributed by atoms with Gasteiger partial charge in [-0.25, -0.2) is 4.79 Å². The number of aliphatic hydroxyl groups is 2. The molecule has 3 N–H and O–H groups in total. The zero-order valence-electron chi connectivity index (χ0n) is 12.3. The Kier molecular flexibility index (Phi) is 3.12. The third-order valence-electron chi connectivity index (χ3n) is 4.24. The zero-order chi connectivity index (χ0) is 16.1. The first-order valence-electron chi connectivity index (χ1n) is 7.19. The molecule has 0 bridgehead atoms. The molecule has 116 valence electrons. The third kappa shape index (κ3) is 1.51. The van der Waals surface area contributed by atoms with Crippen molar-refractivity contribution < 1.29 is 24.5 Å². The number of carbonyl (C=O) groups excluding carboxylic acids is 2.